The Hall–Kier alpha value is -0.128. The number of carbonyl (C=O) groups excluding carboxylic acids is 2. The van der Waals surface area contributed by atoms with Crippen molar-refractivity contribution >= 4 is 27.9 Å². The lowest BCUT2D eigenvalue weighted by molar-refractivity contribution is -0.124. The van der Waals surface area contributed by atoms with E-state index < -0.39 is 0 Å². The van der Waals surface area contributed by atoms with E-state index >= 15 is 0 Å². The minimum absolute atomic E-state index is 0.00386. The first kappa shape index (κ1) is 7.87. The zero-order valence-electron chi connectivity index (χ0n) is 5.39. The van der Waals surface area contributed by atoms with Gasteiger partial charge in [0.1, 0.15) is 11.6 Å². The van der Waals surface area contributed by atoms with E-state index in [1.54, 1.807) is 0 Å². The number of hydrogen-bond acceptors (Lipinski definition) is 2. The number of ketones is 2. The van der Waals surface area contributed by atoms with Crippen LogP contribution in [-0.4, -0.2) is 27.9 Å². The third kappa shape index (κ3) is 2.25. The lowest BCUT2D eigenvalue weighted by Gasteiger charge is -1.97. The molecule has 0 saturated carbocycles. The van der Waals surface area contributed by atoms with Crippen molar-refractivity contribution in [3.8, 4) is 0 Å². The van der Waals surface area contributed by atoms with Gasteiger partial charge < -0.3 is 9.59 Å². The van der Waals surface area contributed by atoms with E-state index in [4.69, 9.17) is 0 Å². The van der Waals surface area contributed by atoms with E-state index in [0.29, 0.717) is 16.3 Å². The van der Waals surface area contributed by atoms with E-state index in [1.165, 1.54) is 13.8 Å². The Balaban J connectivity index is 3.83. The minimum Gasteiger partial charge on any atom is -0.301 e. The number of rotatable bonds is 2. The summed E-state index contributed by atoms with van der Waals surface area (Å²) in [5.74, 6) is 0.00772. The standard InChI is InChI=1S/C5H7O2.Al.2H/c1-4(6)3-5(2)7;;;/h3H,1-2H3;;;. The molecule has 0 aliphatic carbocycles. The van der Waals surface area contributed by atoms with E-state index in [2.05, 4.69) is 0 Å². The molecule has 0 aromatic rings. The average Bonchev–Trinajstić information content (AvgIpc) is 1.64. The monoisotopic (exact) mass is 128 g/mol. The Morgan fingerprint density at radius 2 is 1.50 bits per heavy atom. The van der Waals surface area contributed by atoms with Gasteiger partial charge in [-0.25, -0.2) is 0 Å². The molecule has 3 heteroatoms. The Kier molecular flexibility index (Phi) is 2.96. The van der Waals surface area contributed by atoms with Gasteiger partial charge in [0, 0.05) is 4.78 Å². The Bertz CT molecular complexity index is 106. The molecule has 0 fully saturated rings. The third-order valence-electron chi connectivity index (χ3n) is 1.22. The highest BCUT2D eigenvalue weighted by Gasteiger charge is 2.11. The average molecular weight is 128 g/mol. The van der Waals surface area contributed by atoms with Gasteiger partial charge in [-0.1, -0.05) is 0 Å². The van der Waals surface area contributed by atoms with Crippen molar-refractivity contribution in [2.45, 2.75) is 18.6 Å². The third-order valence-corrected chi connectivity index (χ3v) is 2.85. The maximum Gasteiger partial charge on any atom is 0.240 e. The Labute approximate surface area is 56.7 Å². The van der Waals surface area contributed by atoms with Crippen LogP contribution in [-0.2, 0) is 9.59 Å². The summed E-state index contributed by atoms with van der Waals surface area (Å²) in [4.78, 5) is 20.8. The lowest BCUT2D eigenvalue weighted by atomic mass is 10.2. The van der Waals surface area contributed by atoms with Gasteiger partial charge in [0.15, 0.2) is 0 Å². The second-order valence-corrected chi connectivity index (χ2v) is 3.10. The largest absolute Gasteiger partial charge is 0.301 e. The molecule has 0 N–H and O–H groups in total. The summed E-state index contributed by atoms with van der Waals surface area (Å²) in [5, 5.41) is 0. The fourth-order valence-corrected chi connectivity index (χ4v) is 0.286. The van der Waals surface area contributed by atoms with E-state index in [9.17, 15) is 9.59 Å². The molecule has 0 unspecified atom stereocenters. The molecular weight excluding hydrogens is 119 g/mol. The molecule has 0 aromatic heterocycles. The smallest absolute Gasteiger partial charge is 0.240 e. The molecule has 0 spiro atoms. The Morgan fingerprint density at radius 1 is 1.25 bits per heavy atom. The summed E-state index contributed by atoms with van der Waals surface area (Å²) >= 11 is 0.659. The number of carbonyl (C=O) groups is 2. The first-order valence-corrected chi connectivity index (χ1v) is 3.72. The van der Waals surface area contributed by atoms with Crippen molar-refractivity contribution in [3.05, 3.63) is 0 Å². The SMILES string of the molecule is CC(=O)[CH]([AlH2])C(C)=O. The van der Waals surface area contributed by atoms with Gasteiger partial charge in [-0.05, 0) is 13.8 Å². The molecule has 0 bridgehead atoms. The zero-order chi connectivity index (χ0) is 6.73. The van der Waals surface area contributed by atoms with Crippen molar-refractivity contribution in [3.63, 3.8) is 0 Å². The molecule has 0 saturated heterocycles. The predicted molar refractivity (Wildman–Crippen MR) is 33.7 cm³/mol. The van der Waals surface area contributed by atoms with Gasteiger partial charge >= 0.3 is 0 Å². The zero-order valence-corrected chi connectivity index (χ0v) is 7.39. The summed E-state index contributed by atoms with van der Waals surface area (Å²) in [7, 11) is 0. The molecule has 0 aliphatic rings. The van der Waals surface area contributed by atoms with E-state index in [1.807, 2.05) is 0 Å². The van der Waals surface area contributed by atoms with Crippen LogP contribution in [0.25, 0.3) is 0 Å². The van der Waals surface area contributed by atoms with Crippen LogP contribution in [0.2, 0.25) is 4.78 Å². The topological polar surface area (TPSA) is 34.1 Å². The van der Waals surface area contributed by atoms with Crippen LogP contribution in [0, 0.1) is 0 Å². The van der Waals surface area contributed by atoms with Crippen molar-refractivity contribution in [1.29, 1.82) is 0 Å². The van der Waals surface area contributed by atoms with Crippen molar-refractivity contribution in [2.75, 3.05) is 0 Å². The number of Topliss-reactive ketones (excluding diaryl/α,β-unsaturated/α-hetero) is 2. The molecule has 0 aromatic carbocycles. The van der Waals surface area contributed by atoms with Gasteiger partial charge in [0.25, 0.3) is 0 Å². The second kappa shape index (κ2) is 3.01. The Morgan fingerprint density at radius 3 is 1.50 bits per heavy atom. The molecule has 0 rings (SSSR count). The summed E-state index contributed by atoms with van der Waals surface area (Å²) in [6, 6.07) is 0. The van der Waals surface area contributed by atoms with Crippen molar-refractivity contribution in [1.82, 2.24) is 0 Å². The fourth-order valence-electron chi connectivity index (χ4n) is 0.286. The van der Waals surface area contributed by atoms with Gasteiger partial charge in [0.05, 0.1) is 0 Å². The van der Waals surface area contributed by atoms with Gasteiger partial charge in [-0.2, -0.15) is 0 Å². The number of hydrogen-bond donors (Lipinski definition) is 0. The molecule has 2 nitrogen and oxygen atoms in total. The predicted octanol–water partition coefficient (Wildman–Crippen LogP) is -0.414. The molecule has 0 aliphatic heterocycles. The van der Waals surface area contributed by atoms with Crippen LogP contribution >= 0.6 is 0 Å². The van der Waals surface area contributed by atoms with Gasteiger partial charge in [-0.3, -0.25) is 0 Å². The first-order valence-electron chi connectivity index (χ1n) is 2.56. The lowest BCUT2D eigenvalue weighted by Crippen LogP contribution is -2.11. The van der Waals surface area contributed by atoms with Crippen LogP contribution in [0.15, 0.2) is 0 Å². The summed E-state index contributed by atoms with van der Waals surface area (Å²) < 4.78 is -0.269. The highest BCUT2D eigenvalue weighted by atomic mass is 27.0. The van der Waals surface area contributed by atoms with Gasteiger partial charge in [-0.15, -0.1) is 0 Å². The maximum atomic E-state index is 10.4. The molecule has 0 heterocycles. The van der Waals surface area contributed by atoms with E-state index in [0.717, 1.165) is 0 Å². The molecule has 0 amide bonds. The molecule has 0 atom stereocenters. The highest BCUT2D eigenvalue weighted by molar-refractivity contribution is 6.35. The molecule has 44 valence electrons. The van der Waals surface area contributed by atoms with Crippen LogP contribution in [0.4, 0.5) is 0 Å². The normalized spacial score (nSPS) is 9.38. The first-order chi connectivity index (χ1) is 3.55. The quantitative estimate of drug-likeness (QED) is 0.374. The van der Waals surface area contributed by atoms with Crippen LogP contribution in [0.5, 0.6) is 0 Å². The molecule has 0 radical (unpaired) electrons. The second-order valence-electron chi connectivity index (χ2n) is 1.94. The van der Waals surface area contributed by atoms with Crippen molar-refractivity contribution in [2.24, 2.45) is 0 Å². The van der Waals surface area contributed by atoms with Crippen LogP contribution in [0.1, 0.15) is 13.8 Å². The van der Waals surface area contributed by atoms with Crippen LogP contribution in [0.3, 0.4) is 0 Å². The van der Waals surface area contributed by atoms with Crippen LogP contribution < -0.4 is 0 Å². The van der Waals surface area contributed by atoms with Gasteiger partial charge in [0.2, 0.25) is 16.3 Å². The summed E-state index contributed by atoms with van der Waals surface area (Å²) in [6.45, 7) is 2.91. The summed E-state index contributed by atoms with van der Waals surface area (Å²) in [6.07, 6.45) is 0. The highest BCUT2D eigenvalue weighted by Crippen LogP contribution is 1.99. The molecular formula is C5H9AlO2. The summed E-state index contributed by atoms with van der Waals surface area (Å²) in [5.41, 5.74) is 0. The van der Waals surface area contributed by atoms with E-state index in [-0.39, 0.29) is 16.3 Å². The maximum absolute atomic E-state index is 10.4. The minimum atomic E-state index is -0.269. The van der Waals surface area contributed by atoms with Crippen molar-refractivity contribution < 1.29 is 9.59 Å². The molecule has 8 heavy (non-hydrogen) atoms. The fraction of sp³-hybridized carbons (Fsp3) is 0.600.